The molecule has 9 heteroatoms. The largest absolute Gasteiger partial charge is 0.341 e. The number of halogens is 1. The number of piperidine rings is 1. The lowest BCUT2D eigenvalue weighted by molar-refractivity contribution is 0.568. The van der Waals surface area contributed by atoms with Crippen molar-refractivity contribution in [3.63, 3.8) is 0 Å². The number of hydrogen-bond acceptors (Lipinski definition) is 6. The molecule has 1 N–H and O–H groups in total. The van der Waals surface area contributed by atoms with Crippen LogP contribution in [0.4, 0.5) is 5.95 Å². The highest BCUT2D eigenvalue weighted by molar-refractivity contribution is 6.29. The van der Waals surface area contributed by atoms with Crippen LogP contribution in [0.15, 0.2) is 29.2 Å². The number of hydrogen-bond donors (Lipinski definition) is 1. The first-order valence-corrected chi connectivity index (χ1v) is 8.90. The summed E-state index contributed by atoms with van der Waals surface area (Å²) in [6.07, 6.45) is 5.36. The maximum atomic E-state index is 12.3. The fraction of sp³-hybridized carbons (Fsp3) is 0.353. The monoisotopic (exact) mass is 371 g/mol. The topological polar surface area (TPSA) is 92.6 Å². The molecule has 0 aliphatic carbocycles. The number of rotatable bonds is 3. The number of aryl methyl sites for hydroxylation is 1. The van der Waals surface area contributed by atoms with Crippen LogP contribution >= 0.6 is 11.6 Å². The summed E-state index contributed by atoms with van der Waals surface area (Å²) >= 11 is 5.75. The predicted molar refractivity (Wildman–Crippen MR) is 98.8 cm³/mol. The smallest absolute Gasteiger partial charge is 0.273 e. The van der Waals surface area contributed by atoms with Crippen LogP contribution in [0, 0.1) is 6.92 Å². The molecule has 4 rings (SSSR count). The van der Waals surface area contributed by atoms with E-state index in [1.54, 1.807) is 18.3 Å². The molecule has 0 unspecified atom stereocenters. The molecule has 1 aliphatic heterocycles. The third-order valence-electron chi connectivity index (χ3n) is 4.46. The summed E-state index contributed by atoms with van der Waals surface area (Å²) in [6.45, 7) is 3.89. The summed E-state index contributed by atoms with van der Waals surface area (Å²) in [5, 5.41) is 11.0. The van der Waals surface area contributed by atoms with E-state index in [4.69, 9.17) is 11.6 Å². The van der Waals surface area contributed by atoms with E-state index in [1.807, 2.05) is 6.92 Å². The summed E-state index contributed by atoms with van der Waals surface area (Å²) in [5.74, 6) is 1.12. The van der Waals surface area contributed by atoms with Gasteiger partial charge in [0.25, 0.3) is 5.56 Å². The van der Waals surface area contributed by atoms with Crippen molar-refractivity contribution in [2.75, 3.05) is 18.0 Å². The molecule has 3 aromatic rings. The summed E-state index contributed by atoms with van der Waals surface area (Å²) in [7, 11) is 0. The summed E-state index contributed by atoms with van der Waals surface area (Å²) in [5.41, 5.74) is 1.99. The van der Waals surface area contributed by atoms with Crippen LogP contribution in [0.1, 0.15) is 25.0 Å². The van der Waals surface area contributed by atoms with Gasteiger partial charge in [-0.2, -0.15) is 4.68 Å². The molecule has 134 valence electrons. The van der Waals surface area contributed by atoms with Crippen molar-refractivity contribution in [2.24, 2.45) is 0 Å². The van der Waals surface area contributed by atoms with Gasteiger partial charge in [-0.05, 0) is 38.3 Å². The van der Waals surface area contributed by atoms with Gasteiger partial charge in [-0.25, -0.2) is 9.97 Å². The third kappa shape index (κ3) is 3.20. The van der Waals surface area contributed by atoms with Crippen LogP contribution in [-0.4, -0.2) is 43.0 Å². The molecule has 0 bridgehead atoms. The third-order valence-corrected chi connectivity index (χ3v) is 4.66. The van der Waals surface area contributed by atoms with Crippen LogP contribution in [-0.2, 0) is 0 Å². The van der Waals surface area contributed by atoms with Gasteiger partial charge in [0.1, 0.15) is 0 Å². The van der Waals surface area contributed by atoms with Crippen LogP contribution in [0.5, 0.6) is 0 Å². The summed E-state index contributed by atoms with van der Waals surface area (Å²) in [6, 6.07) is 4.71. The molecule has 0 saturated carbocycles. The van der Waals surface area contributed by atoms with E-state index in [2.05, 4.69) is 30.2 Å². The molecule has 1 saturated heterocycles. The number of nitrogens with zero attached hydrogens (tertiary/aromatic N) is 6. The lowest BCUT2D eigenvalue weighted by Crippen LogP contribution is -2.31. The van der Waals surface area contributed by atoms with Gasteiger partial charge in [0.15, 0.2) is 11.0 Å². The normalized spacial score (nSPS) is 14.6. The van der Waals surface area contributed by atoms with E-state index in [-0.39, 0.29) is 10.7 Å². The summed E-state index contributed by atoms with van der Waals surface area (Å²) < 4.78 is 1.32. The fourth-order valence-corrected chi connectivity index (χ4v) is 3.20. The molecule has 0 spiro atoms. The zero-order valence-corrected chi connectivity index (χ0v) is 15.1. The Morgan fingerprint density at radius 2 is 1.96 bits per heavy atom. The number of H-pyrrole nitrogens is 1. The second-order valence-electron chi connectivity index (χ2n) is 6.27. The minimum Gasteiger partial charge on any atom is -0.341 e. The first-order chi connectivity index (χ1) is 12.6. The average molecular weight is 372 g/mol. The van der Waals surface area contributed by atoms with Gasteiger partial charge >= 0.3 is 0 Å². The maximum Gasteiger partial charge on any atom is 0.273 e. The Labute approximate surface area is 154 Å². The van der Waals surface area contributed by atoms with Crippen molar-refractivity contribution in [3.8, 4) is 17.1 Å². The van der Waals surface area contributed by atoms with E-state index < -0.39 is 0 Å². The molecular weight excluding hydrogens is 354 g/mol. The lowest BCUT2D eigenvalue weighted by atomic mass is 10.1. The Kier molecular flexibility index (Phi) is 4.42. The highest BCUT2D eigenvalue weighted by Gasteiger charge is 2.16. The van der Waals surface area contributed by atoms with Crippen molar-refractivity contribution in [2.45, 2.75) is 26.2 Å². The molecule has 0 amide bonds. The molecule has 3 aromatic heterocycles. The molecule has 0 aromatic carbocycles. The number of nitrogens with one attached hydrogen (secondary N) is 1. The van der Waals surface area contributed by atoms with Gasteiger partial charge in [-0.3, -0.25) is 9.89 Å². The van der Waals surface area contributed by atoms with Crippen molar-refractivity contribution >= 4 is 17.5 Å². The number of aromatic amines is 1. The van der Waals surface area contributed by atoms with E-state index in [9.17, 15) is 4.79 Å². The minimum absolute atomic E-state index is 0.240. The van der Waals surface area contributed by atoms with E-state index in [1.165, 1.54) is 30.0 Å². The Hall–Kier alpha value is -2.74. The minimum atomic E-state index is -0.240. The van der Waals surface area contributed by atoms with Gasteiger partial charge in [0, 0.05) is 30.9 Å². The van der Waals surface area contributed by atoms with E-state index in [0.717, 1.165) is 30.3 Å². The van der Waals surface area contributed by atoms with Gasteiger partial charge in [0.05, 0.1) is 11.4 Å². The van der Waals surface area contributed by atoms with Crippen LogP contribution in [0.2, 0.25) is 5.15 Å². The maximum absolute atomic E-state index is 12.3. The van der Waals surface area contributed by atoms with Crippen molar-refractivity contribution < 1.29 is 0 Å². The van der Waals surface area contributed by atoms with Crippen LogP contribution < -0.4 is 10.5 Å². The molecule has 0 radical (unpaired) electrons. The Morgan fingerprint density at radius 1 is 1.15 bits per heavy atom. The molecule has 26 heavy (non-hydrogen) atoms. The Morgan fingerprint density at radius 3 is 2.65 bits per heavy atom. The van der Waals surface area contributed by atoms with Crippen LogP contribution in [0.25, 0.3) is 17.1 Å². The van der Waals surface area contributed by atoms with E-state index >= 15 is 0 Å². The number of aromatic nitrogens is 6. The second-order valence-corrected chi connectivity index (χ2v) is 6.66. The summed E-state index contributed by atoms with van der Waals surface area (Å²) in [4.78, 5) is 23.6. The quantitative estimate of drug-likeness (QED) is 0.759. The van der Waals surface area contributed by atoms with Crippen molar-refractivity contribution in [1.29, 1.82) is 0 Å². The van der Waals surface area contributed by atoms with Gasteiger partial charge in [-0.15, -0.1) is 10.2 Å². The number of anilines is 1. The lowest BCUT2D eigenvalue weighted by Gasteiger charge is -2.26. The zero-order valence-electron chi connectivity index (χ0n) is 14.3. The molecule has 0 atom stereocenters. The highest BCUT2D eigenvalue weighted by Crippen LogP contribution is 2.22. The van der Waals surface area contributed by atoms with Crippen molar-refractivity contribution in [1.82, 2.24) is 29.9 Å². The predicted octanol–water partition coefficient (Wildman–Crippen LogP) is 2.36. The second kappa shape index (κ2) is 6.87. The molecule has 1 aliphatic rings. The zero-order chi connectivity index (χ0) is 18.1. The molecular formula is C17H18ClN7O. The highest BCUT2D eigenvalue weighted by atomic mass is 35.5. The fourth-order valence-electron chi connectivity index (χ4n) is 3.10. The van der Waals surface area contributed by atoms with E-state index in [0.29, 0.717) is 11.5 Å². The average Bonchev–Trinajstić information content (AvgIpc) is 3.04. The SMILES string of the molecule is Cc1nc(N2CCCCC2)ncc1-c1cc(=O)n(-c2ccc(Cl)nn2)[nH]1. The first kappa shape index (κ1) is 16.7. The molecule has 1 fully saturated rings. The Balaban J connectivity index is 1.66. The first-order valence-electron chi connectivity index (χ1n) is 8.52. The van der Waals surface area contributed by atoms with Gasteiger partial charge < -0.3 is 4.90 Å². The van der Waals surface area contributed by atoms with Crippen LogP contribution in [0.3, 0.4) is 0 Å². The van der Waals surface area contributed by atoms with Crippen molar-refractivity contribution in [3.05, 3.63) is 45.6 Å². The Bertz CT molecular complexity index is 974. The van der Waals surface area contributed by atoms with Gasteiger partial charge in [0.2, 0.25) is 5.95 Å². The standard InChI is InChI=1S/C17H18ClN7O/c1-11-12(10-19-17(20-11)24-7-3-2-4-8-24)13-9-16(26)25(23-13)15-6-5-14(18)21-22-15/h5-6,9-10,23H,2-4,7-8H2,1H3. The van der Waals surface area contributed by atoms with Gasteiger partial charge in [-0.1, -0.05) is 11.6 Å². The molecule has 8 nitrogen and oxygen atoms in total. The molecule has 4 heterocycles.